The second kappa shape index (κ2) is 11.9. The van der Waals surface area contributed by atoms with E-state index >= 15 is 4.39 Å². The van der Waals surface area contributed by atoms with Gasteiger partial charge in [0.15, 0.2) is 11.6 Å². The molecule has 0 spiro atoms. The van der Waals surface area contributed by atoms with Gasteiger partial charge in [-0.05, 0) is 90.2 Å². The maximum atomic E-state index is 15.2. The number of hydrogen-bond donors (Lipinski definition) is 0. The van der Waals surface area contributed by atoms with Crippen LogP contribution >= 0.6 is 0 Å². The van der Waals surface area contributed by atoms with Crippen LogP contribution in [0.1, 0.15) is 82.8 Å². The van der Waals surface area contributed by atoms with Crippen molar-refractivity contribution in [3.8, 4) is 22.3 Å². The molecule has 0 saturated heterocycles. The first-order valence-corrected chi connectivity index (χ1v) is 14.5. The predicted molar refractivity (Wildman–Crippen MR) is 152 cm³/mol. The van der Waals surface area contributed by atoms with Crippen LogP contribution in [0.3, 0.4) is 0 Å². The molecule has 1 unspecified atom stereocenters. The molecule has 3 heteroatoms. The van der Waals surface area contributed by atoms with Crippen molar-refractivity contribution in [1.29, 1.82) is 0 Å². The van der Waals surface area contributed by atoms with E-state index in [4.69, 9.17) is 0 Å². The summed E-state index contributed by atoms with van der Waals surface area (Å²) in [6.07, 6.45) is 14.4. The van der Waals surface area contributed by atoms with Crippen molar-refractivity contribution >= 4 is 5.57 Å². The number of rotatable bonds is 7. The van der Waals surface area contributed by atoms with Crippen molar-refractivity contribution in [1.82, 2.24) is 0 Å². The molecule has 1 fully saturated rings. The van der Waals surface area contributed by atoms with Crippen molar-refractivity contribution in [3.63, 3.8) is 0 Å². The maximum Gasteiger partial charge on any atom is 0.166 e. The van der Waals surface area contributed by atoms with E-state index in [0.29, 0.717) is 23.1 Å². The zero-order valence-electron chi connectivity index (χ0n) is 22.7. The third kappa shape index (κ3) is 5.63. The van der Waals surface area contributed by atoms with Gasteiger partial charge in [-0.25, -0.2) is 13.2 Å². The first-order valence-electron chi connectivity index (χ1n) is 14.5. The third-order valence-electron chi connectivity index (χ3n) is 9.10. The van der Waals surface area contributed by atoms with Crippen molar-refractivity contribution in [2.75, 3.05) is 0 Å². The fourth-order valence-corrected chi connectivity index (χ4v) is 6.77. The van der Waals surface area contributed by atoms with Crippen LogP contribution in [0.2, 0.25) is 0 Å². The fourth-order valence-electron chi connectivity index (χ4n) is 6.77. The number of benzene rings is 3. The van der Waals surface area contributed by atoms with Crippen LogP contribution in [0.25, 0.3) is 27.8 Å². The second-order valence-corrected chi connectivity index (χ2v) is 11.4. The summed E-state index contributed by atoms with van der Waals surface area (Å²) >= 11 is 0. The molecule has 0 heterocycles. The van der Waals surface area contributed by atoms with Crippen LogP contribution in [0.5, 0.6) is 0 Å². The molecular weight excluding hydrogens is 477 g/mol. The molecule has 0 radical (unpaired) electrons. The quantitative estimate of drug-likeness (QED) is 0.293. The number of hydrogen-bond acceptors (Lipinski definition) is 0. The Balaban J connectivity index is 1.26. The molecule has 0 aliphatic heterocycles. The summed E-state index contributed by atoms with van der Waals surface area (Å²) in [5.41, 5.74) is 4.63. The Morgan fingerprint density at radius 2 is 1.34 bits per heavy atom. The molecule has 2 aliphatic carbocycles. The van der Waals surface area contributed by atoms with E-state index in [0.717, 1.165) is 41.7 Å². The first-order chi connectivity index (χ1) is 18.5. The zero-order chi connectivity index (χ0) is 26.6. The van der Waals surface area contributed by atoms with E-state index in [-0.39, 0.29) is 11.4 Å². The second-order valence-electron chi connectivity index (χ2n) is 11.4. The van der Waals surface area contributed by atoms with Crippen molar-refractivity contribution < 1.29 is 13.2 Å². The van der Waals surface area contributed by atoms with Crippen LogP contribution in [-0.4, -0.2) is 0 Å². The summed E-state index contributed by atoms with van der Waals surface area (Å²) in [5.74, 6) is 0.702. The molecule has 5 rings (SSSR count). The summed E-state index contributed by atoms with van der Waals surface area (Å²) in [6, 6.07) is 15.8. The molecule has 0 aromatic heterocycles. The minimum atomic E-state index is -0.834. The summed E-state index contributed by atoms with van der Waals surface area (Å²) in [5, 5.41) is 0. The standard InChI is InChI=1S/C35H39F3/c1-3-5-23-6-8-25(9-7-23)26-10-12-27(13-11-26)30-19-20-31(33(36)22-30)28-14-16-29(17-15-28)32-21-18-24(4-2)34(37)35(32)38/h12,14-23,25-26H,3-11,13H2,1-2H3. The van der Waals surface area contributed by atoms with E-state index < -0.39 is 11.6 Å². The maximum absolute atomic E-state index is 15.2. The average Bonchev–Trinajstić information content (AvgIpc) is 2.95. The lowest BCUT2D eigenvalue weighted by molar-refractivity contribution is 0.189. The Morgan fingerprint density at radius 3 is 1.95 bits per heavy atom. The zero-order valence-corrected chi connectivity index (χ0v) is 22.7. The van der Waals surface area contributed by atoms with E-state index in [9.17, 15) is 8.78 Å². The van der Waals surface area contributed by atoms with Crippen molar-refractivity contribution in [3.05, 3.63) is 89.3 Å². The lowest BCUT2D eigenvalue weighted by Gasteiger charge is -2.35. The minimum Gasteiger partial charge on any atom is -0.206 e. The first kappa shape index (κ1) is 26.8. The smallest absolute Gasteiger partial charge is 0.166 e. The van der Waals surface area contributed by atoms with Gasteiger partial charge in [-0.1, -0.05) is 94.1 Å². The van der Waals surface area contributed by atoms with Crippen LogP contribution < -0.4 is 0 Å². The highest BCUT2D eigenvalue weighted by Gasteiger charge is 2.28. The predicted octanol–water partition coefficient (Wildman–Crippen LogP) is 10.8. The number of halogens is 3. The van der Waals surface area contributed by atoms with Crippen LogP contribution in [0.4, 0.5) is 13.2 Å². The Kier molecular flexibility index (Phi) is 8.41. The molecule has 0 N–H and O–H groups in total. The van der Waals surface area contributed by atoms with Gasteiger partial charge in [0.05, 0.1) is 0 Å². The molecule has 3 aromatic carbocycles. The van der Waals surface area contributed by atoms with Gasteiger partial charge in [0.1, 0.15) is 5.82 Å². The highest BCUT2D eigenvalue weighted by molar-refractivity contribution is 5.74. The molecule has 0 bridgehead atoms. The van der Waals surface area contributed by atoms with Gasteiger partial charge in [-0.15, -0.1) is 0 Å². The van der Waals surface area contributed by atoms with E-state index in [2.05, 4.69) is 13.0 Å². The van der Waals surface area contributed by atoms with Gasteiger partial charge >= 0.3 is 0 Å². The average molecular weight is 517 g/mol. The summed E-state index contributed by atoms with van der Waals surface area (Å²) < 4.78 is 44.1. The molecular formula is C35H39F3. The SMILES string of the molecule is CCCC1CCC(C2CC=C(c3ccc(-c4ccc(-c5ccc(CC)c(F)c5F)cc4)c(F)c3)CC2)CC1. The van der Waals surface area contributed by atoms with Gasteiger partial charge in [-0.2, -0.15) is 0 Å². The van der Waals surface area contributed by atoms with Gasteiger partial charge in [0.2, 0.25) is 0 Å². The summed E-state index contributed by atoms with van der Waals surface area (Å²) in [4.78, 5) is 0. The largest absolute Gasteiger partial charge is 0.206 e. The molecule has 1 atom stereocenters. The van der Waals surface area contributed by atoms with E-state index in [1.54, 1.807) is 49.4 Å². The lowest BCUT2D eigenvalue weighted by Crippen LogP contribution is -2.23. The van der Waals surface area contributed by atoms with Gasteiger partial charge in [-0.3, -0.25) is 0 Å². The Labute approximate surface area is 226 Å². The molecule has 2 aliphatic rings. The van der Waals surface area contributed by atoms with Crippen molar-refractivity contribution in [2.24, 2.45) is 17.8 Å². The molecule has 200 valence electrons. The third-order valence-corrected chi connectivity index (χ3v) is 9.10. The molecule has 38 heavy (non-hydrogen) atoms. The van der Waals surface area contributed by atoms with Crippen molar-refractivity contribution in [2.45, 2.75) is 78.1 Å². The topological polar surface area (TPSA) is 0 Å². The lowest BCUT2D eigenvalue weighted by atomic mass is 9.70. The molecule has 3 aromatic rings. The number of aryl methyl sites for hydroxylation is 1. The summed E-state index contributed by atoms with van der Waals surface area (Å²) in [7, 11) is 0. The van der Waals surface area contributed by atoms with Crippen LogP contribution in [0.15, 0.2) is 60.7 Å². The van der Waals surface area contributed by atoms with Gasteiger partial charge in [0.25, 0.3) is 0 Å². The van der Waals surface area contributed by atoms with E-state index in [1.165, 1.54) is 50.5 Å². The van der Waals surface area contributed by atoms with E-state index in [1.807, 2.05) is 12.1 Å². The van der Waals surface area contributed by atoms with Crippen LogP contribution in [-0.2, 0) is 6.42 Å². The molecule has 1 saturated carbocycles. The highest BCUT2D eigenvalue weighted by Crippen LogP contribution is 2.42. The van der Waals surface area contributed by atoms with Gasteiger partial charge in [0, 0.05) is 11.1 Å². The monoisotopic (exact) mass is 516 g/mol. The molecule has 0 amide bonds. The summed E-state index contributed by atoms with van der Waals surface area (Å²) in [6.45, 7) is 4.09. The Morgan fingerprint density at radius 1 is 0.684 bits per heavy atom. The van der Waals surface area contributed by atoms with Crippen LogP contribution in [0, 0.1) is 35.2 Å². The molecule has 0 nitrogen and oxygen atoms in total. The fraction of sp³-hybridized carbons (Fsp3) is 0.429. The Hall–Kier alpha value is -2.81. The highest BCUT2D eigenvalue weighted by atomic mass is 19.2. The Bertz CT molecular complexity index is 1280. The van der Waals surface area contributed by atoms with Gasteiger partial charge < -0.3 is 0 Å². The number of allylic oxidation sites excluding steroid dienone is 2. The normalized spacial score (nSPS) is 21.8. The minimum absolute atomic E-state index is 0.221.